The number of anilines is 1. The third kappa shape index (κ3) is 2.13. The van der Waals surface area contributed by atoms with E-state index in [0.717, 1.165) is 22.6 Å². The van der Waals surface area contributed by atoms with Crippen molar-refractivity contribution in [2.45, 2.75) is 26.4 Å². The van der Waals surface area contributed by atoms with Crippen LogP contribution in [-0.2, 0) is 4.79 Å². The molecule has 4 heteroatoms. The SMILES string of the molecule is COc1c(C)cc(N2CC(O)CC2=O)cc1C. The van der Waals surface area contributed by atoms with Gasteiger partial charge < -0.3 is 14.7 Å². The van der Waals surface area contributed by atoms with E-state index in [-0.39, 0.29) is 12.3 Å². The highest BCUT2D eigenvalue weighted by Gasteiger charge is 2.29. The molecule has 4 nitrogen and oxygen atoms in total. The van der Waals surface area contributed by atoms with Gasteiger partial charge in [-0.05, 0) is 37.1 Å². The van der Waals surface area contributed by atoms with Crippen LogP contribution in [0.3, 0.4) is 0 Å². The Hall–Kier alpha value is -1.55. The van der Waals surface area contributed by atoms with Crippen LogP contribution in [0.2, 0.25) is 0 Å². The minimum Gasteiger partial charge on any atom is -0.496 e. The highest BCUT2D eigenvalue weighted by atomic mass is 16.5. The van der Waals surface area contributed by atoms with Crippen LogP contribution in [-0.4, -0.2) is 30.8 Å². The summed E-state index contributed by atoms with van der Waals surface area (Å²) in [5, 5.41) is 9.48. The van der Waals surface area contributed by atoms with Crippen LogP contribution in [0.25, 0.3) is 0 Å². The van der Waals surface area contributed by atoms with Crippen molar-refractivity contribution in [3.63, 3.8) is 0 Å². The molecule has 1 aliphatic heterocycles. The summed E-state index contributed by atoms with van der Waals surface area (Å²) in [5.41, 5.74) is 2.83. The summed E-state index contributed by atoms with van der Waals surface area (Å²) in [7, 11) is 1.64. The van der Waals surface area contributed by atoms with Crippen LogP contribution in [0.15, 0.2) is 12.1 Å². The van der Waals surface area contributed by atoms with E-state index in [1.54, 1.807) is 12.0 Å². The van der Waals surface area contributed by atoms with E-state index in [2.05, 4.69) is 0 Å². The predicted molar refractivity (Wildman–Crippen MR) is 65.4 cm³/mol. The number of rotatable bonds is 2. The number of amides is 1. The number of hydrogen-bond acceptors (Lipinski definition) is 3. The van der Waals surface area contributed by atoms with Gasteiger partial charge in [0.1, 0.15) is 5.75 Å². The van der Waals surface area contributed by atoms with Crippen molar-refractivity contribution in [3.8, 4) is 5.75 Å². The molecule has 1 N–H and O–H groups in total. The summed E-state index contributed by atoms with van der Waals surface area (Å²) in [4.78, 5) is 13.3. The van der Waals surface area contributed by atoms with Gasteiger partial charge in [-0.15, -0.1) is 0 Å². The number of benzene rings is 1. The van der Waals surface area contributed by atoms with Gasteiger partial charge in [-0.1, -0.05) is 0 Å². The number of aliphatic hydroxyl groups excluding tert-OH is 1. The molecule has 1 aromatic carbocycles. The second-order valence-corrected chi connectivity index (χ2v) is 4.48. The number of hydrogen-bond donors (Lipinski definition) is 1. The second kappa shape index (κ2) is 4.37. The zero-order valence-corrected chi connectivity index (χ0v) is 10.4. The number of aryl methyl sites for hydroxylation is 2. The van der Waals surface area contributed by atoms with E-state index in [1.165, 1.54) is 0 Å². The maximum absolute atomic E-state index is 11.7. The predicted octanol–water partition coefficient (Wildman–Crippen LogP) is 1.41. The summed E-state index contributed by atoms with van der Waals surface area (Å²) in [5.74, 6) is 0.822. The lowest BCUT2D eigenvalue weighted by molar-refractivity contribution is -0.117. The highest BCUT2D eigenvalue weighted by molar-refractivity contribution is 5.96. The zero-order chi connectivity index (χ0) is 12.6. The number of ether oxygens (including phenoxy) is 1. The molecule has 1 aromatic rings. The molecule has 0 aliphatic carbocycles. The van der Waals surface area contributed by atoms with Gasteiger partial charge in [0.05, 0.1) is 26.2 Å². The second-order valence-electron chi connectivity index (χ2n) is 4.48. The van der Waals surface area contributed by atoms with Crippen LogP contribution in [0.4, 0.5) is 5.69 Å². The third-order valence-electron chi connectivity index (χ3n) is 3.07. The van der Waals surface area contributed by atoms with Crippen molar-refractivity contribution in [1.29, 1.82) is 0 Å². The maximum Gasteiger partial charge on any atom is 0.229 e. The van der Waals surface area contributed by atoms with E-state index >= 15 is 0 Å². The van der Waals surface area contributed by atoms with Crippen molar-refractivity contribution < 1.29 is 14.6 Å². The van der Waals surface area contributed by atoms with E-state index in [1.807, 2.05) is 26.0 Å². The van der Waals surface area contributed by atoms with E-state index in [4.69, 9.17) is 4.74 Å². The maximum atomic E-state index is 11.7. The molecule has 1 unspecified atom stereocenters. The fraction of sp³-hybridized carbons (Fsp3) is 0.462. The number of nitrogens with zero attached hydrogens (tertiary/aromatic N) is 1. The van der Waals surface area contributed by atoms with Gasteiger partial charge in [0.25, 0.3) is 0 Å². The molecule has 0 radical (unpaired) electrons. The summed E-state index contributed by atoms with van der Waals surface area (Å²) in [6.07, 6.45) is -0.338. The topological polar surface area (TPSA) is 49.8 Å². The molecule has 0 bridgehead atoms. The van der Waals surface area contributed by atoms with Crippen molar-refractivity contribution in [3.05, 3.63) is 23.3 Å². The highest BCUT2D eigenvalue weighted by Crippen LogP contribution is 2.30. The number of carbonyl (C=O) groups excluding carboxylic acids is 1. The van der Waals surface area contributed by atoms with Gasteiger partial charge in [-0.25, -0.2) is 0 Å². The number of β-amino-alcohol motifs (C(OH)–C–C–N with tert-alkyl or cyclic N) is 1. The average molecular weight is 235 g/mol. The smallest absolute Gasteiger partial charge is 0.229 e. The Bertz CT molecular complexity index is 433. The summed E-state index contributed by atoms with van der Waals surface area (Å²) in [6, 6.07) is 3.84. The van der Waals surface area contributed by atoms with Gasteiger partial charge in [-0.2, -0.15) is 0 Å². The molecule has 1 saturated heterocycles. The van der Waals surface area contributed by atoms with Crippen LogP contribution < -0.4 is 9.64 Å². The molecule has 2 rings (SSSR count). The normalized spacial score (nSPS) is 19.9. The lowest BCUT2D eigenvalue weighted by Crippen LogP contribution is -2.25. The Morgan fingerprint density at radius 3 is 2.35 bits per heavy atom. The fourth-order valence-electron chi connectivity index (χ4n) is 2.34. The minimum absolute atomic E-state index is 0.0264. The first kappa shape index (κ1) is 11.9. The molecule has 0 saturated carbocycles. The largest absolute Gasteiger partial charge is 0.496 e. The van der Waals surface area contributed by atoms with E-state index < -0.39 is 6.10 Å². The fourth-order valence-corrected chi connectivity index (χ4v) is 2.34. The van der Waals surface area contributed by atoms with Gasteiger partial charge in [0, 0.05) is 5.69 Å². The van der Waals surface area contributed by atoms with Gasteiger partial charge in [0.2, 0.25) is 5.91 Å². The van der Waals surface area contributed by atoms with Crippen LogP contribution in [0, 0.1) is 13.8 Å². The number of aliphatic hydroxyl groups is 1. The molecule has 17 heavy (non-hydrogen) atoms. The van der Waals surface area contributed by atoms with Gasteiger partial charge in [-0.3, -0.25) is 4.79 Å². The average Bonchev–Trinajstić information content (AvgIpc) is 2.57. The Morgan fingerprint density at radius 2 is 1.94 bits per heavy atom. The summed E-state index contributed by atoms with van der Waals surface area (Å²) >= 11 is 0. The number of carbonyl (C=O) groups is 1. The van der Waals surface area contributed by atoms with Crippen molar-refractivity contribution >= 4 is 11.6 Å². The molecule has 0 spiro atoms. The van der Waals surface area contributed by atoms with Crippen molar-refractivity contribution in [2.24, 2.45) is 0 Å². The first-order valence-corrected chi connectivity index (χ1v) is 5.66. The van der Waals surface area contributed by atoms with Gasteiger partial charge in [0.15, 0.2) is 0 Å². The zero-order valence-electron chi connectivity index (χ0n) is 10.4. The van der Waals surface area contributed by atoms with Crippen LogP contribution >= 0.6 is 0 Å². The Morgan fingerprint density at radius 1 is 1.35 bits per heavy atom. The lowest BCUT2D eigenvalue weighted by Gasteiger charge is -2.19. The monoisotopic (exact) mass is 235 g/mol. The van der Waals surface area contributed by atoms with Crippen LogP contribution in [0.1, 0.15) is 17.5 Å². The minimum atomic E-state index is -0.551. The molecular weight excluding hydrogens is 218 g/mol. The molecule has 1 heterocycles. The standard InChI is InChI=1S/C13H17NO3/c1-8-4-10(5-9(2)13(8)17-3)14-7-11(15)6-12(14)16/h4-5,11,15H,6-7H2,1-3H3. The Labute approximate surface area is 101 Å². The summed E-state index contributed by atoms with van der Waals surface area (Å²) in [6.45, 7) is 4.28. The molecule has 0 aromatic heterocycles. The molecule has 1 aliphatic rings. The molecule has 1 fully saturated rings. The molecule has 92 valence electrons. The Kier molecular flexibility index (Phi) is 3.07. The third-order valence-corrected chi connectivity index (χ3v) is 3.07. The van der Waals surface area contributed by atoms with Crippen molar-refractivity contribution in [2.75, 3.05) is 18.6 Å². The van der Waals surface area contributed by atoms with Crippen molar-refractivity contribution in [1.82, 2.24) is 0 Å². The first-order chi connectivity index (χ1) is 8.02. The van der Waals surface area contributed by atoms with Crippen LogP contribution in [0.5, 0.6) is 5.75 Å². The first-order valence-electron chi connectivity index (χ1n) is 5.66. The van der Waals surface area contributed by atoms with Gasteiger partial charge >= 0.3 is 0 Å². The van der Waals surface area contributed by atoms with E-state index in [0.29, 0.717) is 6.54 Å². The molecule has 1 atom stereocenters. The van der Waals surface area contributed by atoms with E-state index in [9.17, 15) is 9.90 Å². The molecule has 1 amide bonds. The molecular formula is C13H17NO3. The quantitative estimate of drug-likeness (QED) is 0.843. The summed E-state index contributed by atoms with van der Waals surface area (Å²) < 4.78 is 5.29. The lowest BCUT2D eigenvalue weighted by atomic mass is 10.1. The Balaban J connectivity index is 2.37. The number of methoxy groups -OCH3 is 1.